The van der Waals surface area contributed by atoms with Crippen LogP contribution in [0.15, 0.2) is 66.7 Å². The predicted molar refractivity (Wildman–Crippen MR) is 183 cm³/mol. The molecule has 0 saturated heterocycles. The van der Waals surface area contributed by atoms with Gasteiger partial charge >= 0.3 is 18.2 Å². The van der Waals surface area contributed by atoms with Crippen molar-refractivity contribution in [1.82, 2.24) is 10.6 Å². The minimum absolute atomic E-state index is 0.0630. The number of alkyl carbamates (subject to hydrolysis) is 1. The second-order valence-corrected chi connectivity index (χ2v) is 12.2. The summed E-state index contributed by atoms with van der Waals surface area (Å²) in [6, 6.07) is 19.6. The molecule has 3 aromatic rings. The zero-order valence-corrected chi connectivity index (χ0v) is 29.5. The van der Waals surface area contributed by atoms with Crippen LogP contribution in [0.2, 0.25) is 0 Å². The molecule has 1 atom stereocenters. The molecule has 12 nitrogen and oxygen atoms in total. The van der Waals surface area contributed by atoms with E-state index in [1.807, 2.05) is 32.9 Å². The van der Waals surface area contributed by atoms with Gasteiger partial charge in [0.25, 0.3) is 5.91 Å². The number of aliphatic carboxylic acids is 1. The number of rotatable bonds is 13. The molecular weight excluding hydrogens is 675 g/mol. The van der Waals surface area contributed by atoms with E-state index in [-0.39, 0.29) is 31.0 Å². The molecule has 15 heteroatoms. The number of ether oxygens (including phenoxy) is 4. The fourth-order valence-corrected chi connectivity index (χ4v) is 4.13. The first kappa shape index (κ1) is 41.7. The maximum absolute atomic E-state index is 13.6. The molecule has 3 aromatic carbocycles. The second kappa shape index (κ2) is 19.1. The maximum atomic E-state index is 13.6. The lowest BCUT2D eigenvalue weighted by atomic mass is 10.1. The molecule has 0 aliphatic carbocycles. The third-order valence-corrected chi connectivity index (χ3v) is 6.14. The second-order valence-electron chi connectivity index (χ2n) is 12.2. The summed E-state index contributed by atoms with van der Waals surface area (Å²) < 4.78 is 55.0. The number of hydrogen-bond acceptors (Lipinski definition) is 8. The average molecular weight is 720 g/mol. The number of carbonyl (C=O) groups excluding carboxylic acids is 3. The van der Waals surface area contributed by atoms with E-state index in [4.69, 9.17) is 28.8 Å². The molecule has 0 aliphatic heterocycles. The first-order chi connectivity index (χ1) is 23.8. The van der Waals surface area contributed by atoms with Gasteiger partial charge < -0.3 is 40.0 Å². The van der Waals surface area contributed by atoms with E-state index in [0.717, 1.165) is 11.1 Å². The van der Waals surface area contributed by atoms with Crippen LogP contribution < -0.4 is 30.2 Å². The Morgan fingerprint density at radius 2 is 1.45 bits per heavy atom. The molecule has 0 spiro atoms. The van der Waals surface area contributed by atoms with E-state index in [9.17, 15) is 27.6 Å². The molecule has 4 N–H and O–H groups in total. The molecule has 278 valence electrons. The van der Waals surface area contributed by atoms with Crippen LogP contribution >= 0.6 is 0 Å². The number of alkyl halides is 3. The third-order valence-electron chi connectivity index (χ3n) is 6.14. The Hall–Kier alpha value is -5.47. The Bertz CT molecular complexity index is 1620. The van der Waals surface area contributed by atoms with Crippen LogP contribution in [0.3, 0.4) is 0 Å². The van der Waals surface area contributed by atoms with Crippen molar-refractivity contribution in [3.05, 3.63) is 83.4 Å². The lowest BCUT2D eigenvalue weighted by molar-refractivity contribution is -0.192. The molecular formula is C36H44F3N3O9. The number of halogens is 3. The summed E-state index contributed by atoms with van der Waals surface area (Å²) in [4.78, 5) is 46.0. The van der Waals surface area contributed by atoms with E-state index >= 15 is 0 Å². The van der Waals surface area contributed by atoms with E-state index in [2.05, 4.69) is 16.0 Å². The highest BCUT2D eigenvalue weighted by Crippen LogP contribution is 2.33. The highest BCUT2D eigenvalue weighted by atomic mass is 19.4. The van der Waals surface area contributed by atoms with Crippen molar-refractivity contribution in [1.29, 1.82) is 0 Å². The van der Waals surface area contributed by atoms with Crippen LogP contribution in [0.5, 0.6) is 17.2 Å². The van der Waals surface area contributed by atoms with Gasteiger partial charge in [0.2, 0.25) is 12.0 Å². The van der Waals surface area contributed by atoms with Gasteiger partial charge in [-0.25, -0.2) is 9.59 Å². The molecule has 0 bridgehead atoms. The quantitative estimate of drug-likeness (QED) is 0.147. The van der Waals surface area contributed by atoms with Crippen LogP contribution in [-0.2, 0) is 32.2 Å². The molecule has 1 unspecified atom stereocenters. The standard InChI is InChI=1S/C34H43N3O7.C2HF3O2/c1-8-41-30-19-26(14-17-29(30)42-22(2)3)31(32(39)35-21-25-10-9-11-27(18-25)37-23(4)38)43-28-15-12-24(13-16-28)20-36-33(40)44-34(5,6)7;3-2(4,5)1(6)7/h9-19,22,31H,8,20-21H2,1-7H3,(H,35,39)(H,36,40)(H,37,38);(H,6,7). The number of hydrogen-bond donors (Lipinski definition) is 4. The Morgan fingerprint density at radius 3 is 2.00 bits per heavy atom. The van der Waals surface area contributed by atoms with Gasteiger partial charge in [0.15, 0.2) is 11.5 Å². The van der Waals surface area contributed by atoms with Crippen molar-refractivity contribution in [2.75, 3.05) is 11.9 Å². The van der Waals surface area contributed by atoms with Crippen LogP contribution in [0.4, 0.5) is 23.7 Å². The molecule has 3 amide bonds. The van der Waals surface area contributed by atoms with Crippen molar-refractivity contribution >= 4 is 29.6 Å². The van der Waals surface area contributed by atoms with Gasteiger partial charge in [-0.15, -0.1) is 0 Å². The third kappa shape index (κ3) is 15.7. The lowest BCUT2D eigenvalue weighted by Crippen LogP contribution is -2.32. The number of nitrogens with one attached hydrogen (secondary N) is 3. The first-order valence-electron chi connectivity index (χ1n) is 15.9. The van der Waals surface area contributed by atoms with E-state index in [1.165, 1.54) is 6.92 Å². The van der Waals surface area contributed by atoms with E-state index < -0.39 is 29.9 Å². The van der Waals surface area contributed by atoms with Gasteiger partial charge in [-0.3, -0.25) is 9.59 Å². The number of anilines is 1. The SMILES string of the molecule is CCOc1cc(C(Oc2ccc(CNC(=O)OC(C)(C)C)cc2)C(=O)NCc2cccc(NC(C)=O)c2)ccc1OC(C)C.O=C(O)C(F)(F)F. The van der Waals surface area contributed by atoms with Crippen LogP contribution in [0.1, 0.15) is 71.3 Å². The van der Waals surface area contributed by atoms with Gasteiger partial charge in [0.1, 0.15) is 11.4 Å². The van der Waals surface area contributed by atoms with Crippen molar-refractivity contribution in [2.45, 2.75) is 85.5 Å². The highest BCUT2D eigenvalue weighted by Gasteiger charge is 2.38. The largest absolute Gasteiger partial charge is 0.490 e. The minimum atomic E-state index is -5.08. The van der Waals surface area contributed by atoms with Crippen molar-refractivity contribution in [3.63, 3.8) is 0 Å². The summed E-state index contributed by atoms with van der Waals surface area (Å²) >= 11 is 0. The Morgan fingerprint density at radius 1 is 0.824 bits per heavy atom. The van der Waals surface area contributed by atoms with Crippen LogP contribution in [-0.4, -0.2) is 53.5 Å². The Balaban J connectivity index is 0.00000116. The van der Waals surface area contributed by atoms with Gasteiger partial charge in [0, 0.05) is 31.3 Å². The maximum Gasteiger partial charge on any atom is 0.490 e. The summed E-state index contributed by atoms with van der Waals surface area (Å²) in [7, 11) is 0. The van der Waals surface area contributed by atoms with Gasteiger partial charge in [-0.2, -0.15) is 13.2 Å². The van der Waals surface area contributed by atoms with E-state index in [1.54, 1.807) is 75.4 Å². The summed E-state index contributed by atoms with van der Waals surface area (Å²) in [5.74, 6) is -1.77. The Labute approximate surface area is 294 Å². The molecule has 0 aliphatic rings. The molecule has 0 heterocycles. The van der Waals surface area contributed by atoms with Crippen molar-refractivity contribution in [2.24, 2.45) is 0 Å². The Kier molecular flexibility index (Phi) is 15.6. The normalized spacial score (nSPS) is 11.7. The van der Waals surface area contributed by atoms with Gasteiger partial charge in [0.05, 0.1) is 12.7 Å². The van der Waals surface area contributed by atoms with Gasteiger partial charge in [-0.05, 0) is 89.1 Å². The number of carboxylic acids is 1. The first-order valence-corrected chi connectivity index (χ1v) is 15.9. The molecule has 0 radical (unpaired) electrons. The summed E-state index contributed by atoms with van der Waals surface area (Å²) in [6.07, 6.45) is -6.68. The molecule has 51 heavy (non-hydrogen) atoms. The fourth-order valence-electron chi connectivity index (χ4n) is 4.13. The molecule has 0 fully saturated rings. The summed E-state index contributed by atoms with van der Waals surface area (Å²) in [5.41, 5.74) is 2.26. The number of carbonyl (C=O) groups is 4. The van der Waals surface area contributed by atoms with Gasteiger partial charge in [-0.1, -0.05) is 30.3 Å². The number of benzene rings is 3. The van der Waals surface area contributed by atoms with Crippen LogP contribution in [0.25, 0.3) is 0 Å². The van der Waals surface area contributed by atoms with Crippen molar-refractivity contribution < 1.29 is 56.4 Å². The number of carboxylic acid groups (broad SMARTS) is 1. The van der Waals surface area contributed by atoms with E-state index in [0.29, 0.717) is 35.1 Å². The zero-order valence-electron chi connectivity index (χ0n) is 29.5. The lowest BCUT2D eigenvalue weighted by Gasteiger charge is -2.22. The molecule has 0 aromatic heterocycles. The molecule has 0 saturated carbocycles. The summed E-state index contributed by atoms with van der Waals surface area (Å²) in [6.45, 7) is 13.5. The average Bonchev–Trinajstić information content (AvgIpc) is 3.02. The zero-order chi connectivity index (χ0) is 38.4. The highest BCUT2D eigenvalue weighted by molar-refractivity contribution is 5.88. The molecule has 3 rings (SSSR count). The predicted octanol–water partition coefficient (Wildman–Crippen LogP) is 6.93. The number of amides is 3. The smallest absolute Gasteiger partial charge is 0.490 e. The topological polar surface area (TPSA) is 162 Å². The summed E-state index contributed by atoms with van der Waals surface area (Å²) in [5, 5.41) is 15.6. The van der Waals surface area contributed by atoms with Crippen LogP contribution in [0, 0.1) is 0 Å². The van der Waals surface area contributed by atoms with Crippen molar-refractivity contribution in [3.8, 4) is 17.2 Å². The minimum Gasteiger partial charge on any atom is -0.490 e. The fraction of sp³-hybridized carbons (Fsp3) is 0.389. The monoisotopic (exact) mass is 719 g/mol.